The summed E-state index contributed by atoms with van der Waals surface area (Å²) in [6, 6.07) is 18.6. The van der Waals surface area contributed by atoms with Gasteiger partial charge in [-0.3, -0.25) is 4.79 Å². The van der Waals surface area contributed by atoms with Crippen LogP contribution in [0.25, 0.3) is 11.0 Å². The number of aromatic nitrogens is 1. The van der Waals surface area contributed by atoms with Gasteiger partial charge in [0.25, 0.3) is 5.91 Å². The fourth-order valence-electron chi connectivity index (χ4n) is 2.80. The maximum Gasteiger partial charge on any atom is 0.262 e. The van der Waals surface area contributed by atoms with E-state index in [1.165, 1.54) is 12.1 Å². The number of nitrogens with one attached hydrogen (secondary N) is 1. The molecule has 0 radical (unpaired) electrons. The molecule has 2 aromatic carbocycles. The van der Waals surface area contributed by atoms with E-state index in [9.17, 15) is 9.18 Å². The number of nitrogens with zero attached hydrogens (tertiary/aromatic N) is 2. The average molecular weight is 408 g/mol. The number of anilines is 1. The molecule has 0 aliphatic heterocycles. The molecule has 4 aromatic rings. The Morgan fingerprint density at radius 3 is 2.72 bits per heavy atom. The van der Waals surface area contributed by atoms with E-state index >= 15 is 0 Å². The molecule has 0 saturated carbocycles. The van der Waals surface area contributed by atoms with E-state index in [1.54, 1.807) is 36.4 Å². The molecular formula is C22H15ClFN3O2. The Labute approximate surface area is 170 Å². The molecular weight excluding hydrogens is 393 g/mol. The molecule has 2 heterocycles. The Balaban J connectivity index is 1.87. The predicted octanol–water partition coefficient (Wildman–Crippen LogP) is 5.41. The summed E-state index contributed by atoms with van der Waals surface area (Å²) < 4.78 is 20.2. The van der Waals surface area contributed by atoms with Crippen LogP contribution in [0.5, 0.6) is 0 Å². The molecule has 1 N–H and O–H groups in total. The normalized spacial score (nSPS) is 11.6. The second kappa shape index (κ2) is 7.85. The van der Waals surface area contributed by atoms with Crippen LogP contribution < -0.4 is 10.9 Å². The molecule has 0 aliphatic carbocycles. The number of pyridine rings is 1. The summed E-state index contributed by atoms with van der Waals surface area (Å²) in [7, 11) is 0. The topological polar surface area (TPSA) is 67.5 Å². The van der Waals surface area contributed by atoms with Gasteiger partial charge in [0.05, 0.1) is 5.02 Å². The molecule has 0 unspecified atom stereocenters. The number of rotatable bonds is 3. The highest BCUT2D eigenvalue weighted by Gasteiger charge is 2.15. The molecule has 0 fully saturated rings. The fourth-order valence-corrected chi connectivity index (χ4v) is 2.97. The summed E-state index contributed by atoms with van der Waals surface area (Å²) in [5.74, 6) is -0.772. The predicted molar refractivity (Wildman–Crippen MR) is 110 cm³/mol. The minimum absolute atomic E-state index is 0.0285. The van der Waals surface area contributed by atoms with Gasteiger partial charge in [0, 0.05) is 11.1 Å². The maximum absolute atomic E-state index is 14.3. The Morgan fingerprint density at radius 1 is 1.10 bits per heavy atom. The van der Waals surface area contributed by atoms with Crippen molar-refractivity contribution in [2.75, 3.05) is 5.32 Å². The van der Waals surface area contributed by atoms with Gasteiger partial charge in [-0.1, -0.05) is 41.9 Å². The Hall–Kier alpha value is -3.51. The van der Waals surface area contributed by atoms with Gasteiger partial charge in [-0.15, -0.1) is 0 Å². The van der Waals surface area contributed by atoms with Gasteiger partial charge >= 0.3 is 0 Å². The lowest BCUT2D eigenvalue weighted by atomic mass is 10.1. The summed E-state index contributed by atoms with van der Waals surface area (Å²) in [6.07, 6.45) is 0. The van der Waals surface area contributed by atoms with Crippen LogP contribution in [-0.4, -0.2) is 10.9 Å². The summed E-state index contributed by atoms with van der Waals surface area (Å²) in [5.41, 5.74) is 1.36. The molecule has 0 aliphatic rings. The van der Waals surface area contributed by atoms with Crippen LogP contribution in [-0.2, 0) is 0 Å². The van der Waals surface area contributed by atoms with Crippen LogP contribution in [0.15, 0.2) is 76.1 Å². The van der Waals surface area contributed by atoms with Crippen molar-refractivity contribution in [3.63, 3.8) is 0 Å². The van der Waals surface area contributed by atoms with Crippen molar-refractivity contribution in [2.45, 2.75) is 6.92 Å². The molecule has 0 atom stereocenters. The van der Waals surface area contributed by atoms with Crippen LogP contribution in [0.4, 0.5) is 15.9 Å². The van der Waals surface area contributed by atoms with Gasteiger partial charge in [-0.2, -0.15) is 0 Å². The zero-order valence-electron chi connectivity index (χ0n) is 15.3. The lowest BCUT2D eigenvalue weighted by molar-refractivity contribution is 0.102. The standard InChI is InChI=1S/C22H15ClFN3O2/c1-13-6-4-11-19(25-13)27-21(28)15-12-14-7-2-3-10-18(14)29-22(15)26-17-9-5-8-16(23)20(17)24/h2-12H,1H3,(H,25,27,28). The second-order valence-electron chi connectivity index (χ2n) is 6.31. The third-order valence-electron chi connectivity index (χ3n) is 4.18. The second-order valence-corrected chi connectivity index (χ2v) is 6.71. The molecule has 1 amide bonds. The summed E-state index contributed by atoms with van der Waals surface area (Å²) in [4.78, 5) is 21.4. The van der Waals surface area contributed by atoms with E-state index in [1.807, 2.05) is 25.1 Å². The van der Waals surface area contributed by atoms with E-state index in [-0.39, 0.29) is 21.8 Å². The lowest BCUT2D eigenvalue weighted by Gasteiger charge is -2.07. The first-order valence-corrected chi connectivity index (χ1v) is 9.16. The van der Waals surface area contributed by atoms with Crippen molar-refractivity contribution >= 4 is 40.0 Å². The molecule has 0 bridgehead atoms. The van der Waals surface area contributed by atoms with Gasteiger partial charge in [-0.05, 0) is 43.3 Å². The highest BCUT2D eigenvalue weighted by atomic mass is 35.5. The number of fused-ring (bicyclic) bond motifs is 1. The van der Waals surface area contributed by atoms with Crippen LogP contribution >= 0.6 is 11.6 Å². The monoisotopic (exact) mass is 407 g/mol. The third-order valence-corrected chi connectivity index (χ3v) is 4.48. The minimum atomic E-state index is -0.691. The molecule has 29 heavy (non-hydrogen) atoms. The number of halogens is 2. The number of para-hydroxylation sites is 1. The highest BCUT2D eigenvalue weighted by molar-refractivity contribution is 6.31. The van der Waals surface area contributed by atoms with E-state index in [4.69, 9.17) is 16.0 Å². The lowest BCUT2D eigenvalue weighted by Crippen LogP contribution is -2.22. The Morgan fingerprint density at radius 2 is 1.90 bits per heavy atom. The van der Waals surface area contributed by atoms with Crippen molar-refractivity contribution in [3.05, 3.63) is 94.4 Å². The summed E-state index contributed by atoms with van der Waals surface area (Å²) in [5, 5.41) is 3.37. The Kier molecular flexibility index (Phi) is 5.10. The first-order chi connectivity index (χ1) is 14.0. The number of carbonyl (C=O) groups excluding carboxylic acids is 1. The van der Waals surface area contributed by atoms with Crippen molar-refractivity contribution in [2.24, 2.45) is 4.99 Å². The zero-order valence-corrected chi connectivity index (χ0v) is 16.1. The average Bonchev–Trinajstić information content (AvgIpc) is 2.71. The van der Waals surface area contributed by atoms with E-state index in [0.717, 1.165) is 5.69 Å². The van der Waals surface area contributed by atoms with Crippen LogP contribution in [0.1, 0.15) is 16.1 Å². The molecule has 144 valence electrons. The van der Waals surface area contributed by atoms with Crippen molar-refractivity contribution in [3.8, 4) is 0 Å². The molecule has 2 aromatic heterocycles. The molecule has 7 heteroatoms. The molecule has 4 rings (SSSR count). The van der Waals surface area contributed by atoms with Crippen LogP contribution in [0, 0.1) is 12.7 Å². The van der Waals surface area contributed by atoms with Crippen molar-refractivity contribution in [1.82, 2.24) is 4.98 Å². The van der Waals surface area contributed by atoms with Gasteiger partial charge in [0.15, 0.2) is 5.82 Å². The van der Waals surface area contributed by atoms with Crippen LogP contribution in [0.2, 0.25) is 5.02 Å². The molecule has 0 saturated heterocycles. The number of hydrogen-bond donors (Lipinski definition) is 1. The van der Waals surface area contributed by atoms with Crippen molar-refractivity contribution in [1.29, 1.82) is 0 Å². The molecule has 5 nitrogen and oxygen atoms in total. The minimum Gasteiger partial charge on any atom is -0.438 e. The number of hydrogen-bond acceptors (Lipinski definition) is 4. The Bertz CT molecular complexity index is 1300. The summed E-state index contributed by atoms with van der Waals surface area (Å²) >= 11 is 5.85. The molecule has 0 spiro atoms. The zero-order chi connectivity index (χ0) is 20.4. The van der Waals surface area contributed by atoms with Gasteiger partial charge < -0.3 is 9.73 Å². The number of benzene rings is 2. The van der Waals surface area contributed by atoms with Gasteiger partial charge in [0.2, 0.25) is 5.55 Å². The van der Waals surface area contributed by atoms with E-state index < -0.39 is 11.7 Å². The van der Waals surface area contributed by atoms with E-state index in [2.05, 4.69) is 15.3 Å². The van der Waals surface area contributed by atoms with Gasteiger partial charge in [0.1, 0.15) is 22.7 Å². The maximum atomic E-state index is 14.3. The fraction of sp³-hybridized carbons (Fsp3) is 0.0455. The largest absolute Gasteiger partial charge is 0.438 e. The number of carbonyl (C=O) groups is 1. The highest BCUT2D eigenvalue weighted by Crippen LogP contribution is 2.24. The van der Waals surface area contributed by atoms with Gasteiger partial charge in [-0.25, -0.2) is 14.4 Å². The summed E-state index contributed by atoms with van der Waals surface area (Å²) in [6.45, 7) is 1.82. The number of aryl methyl sites for hydroxylation is 1. The smallest absolute Gasteiger partial charge is 0.262 e. The SMILES string of the molecule is Cc1cccc(NC(=O)c2cc3ccccc3oc2=Nc2cccc(Cl)c2F)n1. The quantitative estimate of drug-likeness (QED) is 0.493. The van der Waals surface area contributed by atoms with E-state index in [0.29, 0.717) is 16.8 Å². The first kappa shape index (κ1) is 18.8. The first-order valence-electron chi connectivity index (χ1n) is 8.78. The number of amides is 1. The van der Waals surface area contributed by atoms with Crippen molar-refractivity contribution < 1.29 is 13.6 Å². The third kappa shape index (κ3) is 4.02. The van der Waals surface area contributed by atoms with Crippen LogP contribution in [0.3, 0.4) is 0 Å².